The van der Waals surface area contributed by atoms with Crippen molar-refractivity contribution in [1.29, 1.82) is 0 Å². The highest BCUT2D eigenvalue weighted by Gasteiger charge is 2.71. The number of aryl methyl sites for hydroxylation is 1. The minimum absolute atomic E-state index is 0.172. The van der Waals surface area contributed by atoms with Crippen molar-refractivity contribution in [2.45, 2.75) is 38.0 Å². The Balaban J connectivity index is 1.84. The molecule has 1 spiro atoms. The van der Waals surface area contributed by atoms with Crippen molar-refractivity contribution in [1.82, 2.24) is 0 Å². The van der Waals surface area contributed by atoms with E-state index in [0.717, 1.165) is 16.8 Å². The fourth-order valence-electron chi connectivity index (χ4n) is 4.53. The van der Waals surface area contributed by atoms with E-state index in [1.54, 1.807) is 11.0 Å². The van der Waals surface area contributed by atoms with Gasteiger partial charge in [0.25, 0.3) is 0 Å². The number of benzene rings is 1. The molecule has 2 fully saturated rings. The highest BCUT2D eigenvalue weighted by Crippen LogP contribution is 2.56. The van der Waals surface area contributed by atoms with E-state index in [1.165, 1.54) is 0 Å². The second kappa shape index (κ2) is 5.30. The van der Waals surface area contributed by atoms with E-state index in [-0.39, 0.29) is 11.9 Å². The third kappa shape index (κ3) is 2.12. The monoisotopic (exact) mass is 339 g/mol. The Bertz CT molecular complexity index is 796. The molecule has 5 nitrogen and oxygen atoms in total. The smallest absolute Gasteiger partial charge is 0.310 e. The lowest BCUT2D eigenvalue weighted by molar-refractivity contribution is -0.146. The SMILES string of the molecule is C=C(C)C[C@@H]1N(c2ccc(C)cc2)C(=O)[C@H]2[C@@H](C(=O)O)[C@@H]3C=C[C@@]12O3. The molecule has 1 aromatic rings. The van der Waals surface area contributed by atoms with Crippen LogP contribution in [0.4, 0.5) is 5.69 Å². The molecule has 5 heteroatoms. The average molecular weight is 339 g/mol. The molecule has 0 aromatic heterocycles. The predicted molar refractivity (Wildman–Crippen MR) is 93.2 cm³/mol. The maximum atomic E-state index is 13.3. The average Bonchev–Trinajstić information content (AvgIpc) is 3.18. The van der Waals surface area contributed by atoms with Crippen molar-refractivity contribution in [3.63, 3.8) is 0 Å². The fraction of sp³-hybridized carbons (Fsp3) is 0.400. The van der Waals surface area contributed by atoms with Gasteiger partial charge in [0, 0.05) is 5.69 Å². The van der Waals surface area contributed by atoms with Gasteiger partial charge in [-0.05, 0) is 32.4 Å². The Kier molecular flexibility index (Phi) is 3.41. The quantitative estimate of drug-likeness (QED) is 0.857. The topological polar surface area (TPSA) is 66.8 Å². The minimum Gasteiger partial charge on any atom is -0.481 e. The first-order chi connectivity index (χ1) is 11.8. The Labute approximate surface area is 146 Å². The standard InChI is InChI=1S/C20H21NO4/c1-11(2)10-15-20-9-8-14(25-20)16(19(23)24)17(20)18(22)21(15)13-6-4-12(3)5-7-13/h4-9,14-17H,1,10H2,2-3H3,(H,23,24)/t14-,15-,16-,17+,20+/m0/s1. The molecule has 3 aliphatic rings. The zero-order chi connectivity index (χ0) is 17.9. The van der Waals surface area contributed by atoms with Crippen molar-refractivity contribution in [2.24, 2.45) is 11.8 Å². The van der Waals surface area contributed by atoms with E-state index in [4.69, 9.17) is 4.74 Å². The van der Waals surface area contributed by atoms with Crippen molar-refractivity contribution in [2.75, 3.05) is 4.90 Å². The van der Waals surface area contributed by atoms with E-state index in [0.29, 0.717) is 6.42 Å². The van der Waals surface area contributed by atoms with Crippen molar-refractivity contribution >= 4 is 17.6 Å². The summed E-state index contributed by atoms with van der Waals surface area (Å²) in [5.74, 6) is -2.67. The molecule has 0 unspecified atom stereocenters. The van der Waals surface area contributed by atoms with Crippen LogP contribution in [-0.2, 0) is 14.3 Å². The first-order valence-corrected chi connectivity index (χ1v) is 8.49. The van der Waals surface area contributed by atoms with Gasteiger partial charge in [-0.3, -0.25) is 9.59 Å². The third-order valence-corrected chi connectivity index (χ3v) is 5.56. The summed E-state index contributed by atoms with van der Waals surface area (Å²) in [4.78, 5) is 26.8. The maximum Gasteiger partial charge on any atom is 0.310 e. The van der Waals surface area contributed by atoms with Crippen LogP contribution in [0.25, 0.3) is 0 Å². The van der Waals surface area contributed by atoms with Crippen LogP contribution in [0.15, 0.2) is 48.6 Å². The highest BCUT2D eigenvalue weighted by atomic mass is 16.5. The number of rotatable bonds is 4. The Hall–Kier alpha value is -2.40. The molecule has 2 saturated heterocycles. The lowest BCUT2D eigenvalue weighted by Crippen LogP contribution is -2.45. The van der Waals surface area contributed by atoms with E-state index in [2.05, 4.69) is 6.58 Å². The lowest BCUT2D eigenvalue weighted by atomic mass is 9.74. The number of amides is 1. The molecule has 0 aliphatic carbocycles. The summed E-state index contributed by atoms with van der Waals surface area (Å²) in [6.45, 7) is 7.91. The summed E-state index contributed by atoms with van der Waals surface area (Å²) < 4.78 is 6.12. The van der Waals surface area contributed by atoms with Crippen LogP contribution in [0.5, 0.6) is 0 Å². The number of aliphatic carboxylic acids is 1. The van der Waals surface area contributed by atoms with Crippen molar-refractivity contribution < 1.29 is 19.4 Å². The molecular formula is C20H21NO4. The second-order valence-corrected chi connectivity index (χ2v) is 7.36. The minimum atomic E-state index is -0.977. The molecule has 0 saturated carbocycles. The van der Waals surface area contributed by atoms with Crippen LogP contribution in [0.1, 0.15) is 18.9 Å². The summed E-state index contributed by atoms with van der Waals surface area (Å²) in [5.41, 5.74) is 1.93. The number of fused-ring (bicyclic) bond motifs is 1. The highest BCUT2D eigenvalue weighted by molar-refractivity contribution is 6.03. The van der Waals surface area contributed by atoms with Gasteiger partial charge in [0.05, 0.1) is 18.1 Å². The number of carboxylic acids is 1. The molecule has 3 aliphatic heterocycles. The molecule has 4 rings (SSSR count). The van der Waals surface area contributed by atoms with Gasteiger partial charge in [-0.1, -0.05) is 35.4 Å². The Morgan fingerprint density at radius 1 is 1.36 bits per heavy atom. The summed E-state index contributed by atoms with van der Waals surface area (Å²) in [7, 11) is 0. The molecule has 2 bridgehead atoms. The van der Waals surface area contributed by atoms with Crippen molar-refractivity contribution in [3.05, 3.63) is 54.1 Å². The number of anilines is 1. The Morgan fingerprint density at radius 2 is 2.04 bits per heavy atom. The number of carboxylic acid groups (broad SMARTS) is 1. The van der Waals surface area contributed by atoms with E-state index in [9.17, 15) is 14.7 Å². The maximum absolute atomic E-state index is 13.3. The van der Waals surface area contributed by atoms with Crippen LogP contribution in [0.2, 0.25) is 0 Å². The van der Waals surface area contributed by atoms with Gasteiger partial charge in [-0.15, -0.1) is 6.58 Å². The van der Waals surface area contributed by atoms with Crippen molar-refractivity contribution in [3.8, 4) is 0 Å². The third-order valence-electron chi connectivity index (χ3n) is 5.56. The molecular weight excluding hydrogens is 318 g/mol. The number of hydrogen-bond acceptors (Lipinski definition) is 3. The van der Waals surface area contributed by atoms with Gasteiger partial charge in [0.15, 0.2) is 0 Å². The summed E-state index contributed by atoms with van der Waals surface area (Å²) in [6.07, 6.45) is 3.74. The zero-order valence-electron chi connectivity index (χ0n) is 14.3. The van der Waals surface area contributed by atoms with E-state index in [1.807, 2.05) is 44.2 Å². The number of nitrogens with zero attached hydrogens (tertiary/aromatic N) is 1. The number of ether oxygens (including phenoxy) is 1. The number of hydrogen-bond donors (Lipinski definition) is 1. The largest absolute Gasteiger partial charge is 0.481 e. The molecule has 25 heavy (non-hydrogen) atoms. The number of carbonyl (C=O) groups excluding carboxylic acids is 1. The van der Waals surface area contributed by atoms with Crippen LogP contribution in [-0.4, -0.2) is 34.7 Å². The summed E-state index contributed by atoms with van der Waals surface area (Å²) in [5, 5.41) is 9.66. The van der Waals surface area contributed by atoms with Crippen LogP contribution in [0.3, 0.4) is 0 Å². The van der Waals surface area contributed by atoms with E-state index >= 15 is 0 Å². The predicted octanol–water partition coefficient (Wildman–Crippen LogP) is 2.70. The summed E-state index contributed by atoms with van der Waals surface area (Å²) >= 11 is 0. The molecule has 1 N–H and O–H groups in total. The fourth-order valence-corrected chi connectivity index (χ4v) is 4.53. The van der Waals surface area contributed by atoms with Crippen LogP contribution >= 0.6 is 0 Å². The van der Waals surface area contributed by atoms with Crippen LogP contribution in [0, 0.1) is 18.8 Å². The lowest BCUT2D eigenvalue weighted by Gasteiger charge is -2.33. The summed E-state index contributed by atoms with van der Waals surface area (Å²) in [6, 6.07) is 7.44. The molecule has 1 aromatic carbocycles. The molecule has 3 heterocycles. The molecule has 0 radical (unpaired) electrons. The molecule has 1 amide bonds. The van der Waals surface area contributed by atoms with Crippen LogP contribution < -0.4 is 4.90 Å². The second-order valence-electron chi connectivity index (χ2n) is 7.36. The van der Waals surface area contributed by atoms with Gasteiger partial charge in [0.1, 0.15) is 11.5 Å². The Morgan fingerprint density at radius 3 is 2.64 bits per heavy atom. The van der Waals surface area contributed by atoms with Gasteiger partial charge in [-0.25, -0.2) is 0 Å². The first kappa shape index (κ1) is 16.1. The van der Waals surface area contributed by atoms with Gasteiger partial charge < -0.3 is 14.7 Å². The molecule has 130 valence electrons. The normalized spacial score (nSPS) is 35.3. The zero-order valence-corrected chi connectivity index (χ0v) is 14.3. The first-order valence-electron chi connectivity index (χ1n) is 8.49. The van der Waals surface area contributed by atoms with Gasteiger partial charge in [-0.2, -0.15) is 0 Å². The van der Waals surface area contributed by atoms with Gasteiger partial charge >= 0.3 is 5.97 Å². The van der Waals surface area contributed by atoms with Gasteiger partial charge in [0.2, 0.25) is 5.91 Å². The molecule has 5 atom stereocenters. The number of carbonyl (C=O) groups is 2. The van der Waals surface area contributed by atoms with E-state index < -0.39 is 29.5 Å².